The summed E-state index contributed by atoms with van der Waals surface area (Å²) in [6.45, 7) is 0. The second-order valence-corrected chi connectivity index (χ2v) is 13.0. The van der Waals surface area contributed by atoms with E-state index in [1.807, 2.05) is 48.5 Å². The monoisotopic (exact) mass is 383 g/mol. The summed E-state index contributed by atoms with van der Waals surface area (Å²) in [6.07, 6.45) is 6.48. The second kappa shape index (κ2) is 6.18. The molecule has 6 heteroatoms. The molecule has 4 rings (SSSR count). The van der Waals surface area contributed by atoms with Crippen molar-refractivity contribution < 1.29 is 18.4 Å². The predicted molar refractivity (Wildman–Crippen MR) is 90.0 cm³/mol. The first-order valence-corrected chi connectivity index (χ1v) is 11.9. The van der Waals surface area contributed by atoms with Gasteiger partial charge in [-0.15, -0.1) is 0 Å². The fraction of sp³-hybridized carbons (Fsp3) is 0.0556. The van der Waals surface area contributed by atoms with Crippen molar-refractivity contribution in [1.29, 1.82) is 0 Å². The first kappa shape index (κ1) is 15.0. The third kappa shape index (κ3) is 2.24. The van der Waals surface area contributed by atoms with Crippen molar-refractivity contribution in [3.63, 3.8) is 0 Å². The molecule has 24 heavy (non-hydrogen) atoms. The molecule has 4 heterocycles. The number of hydrogen-bond acceptors (Lipinski definition) is 5. The van der Waals surface area contributed by atoms with Gasteiger partial charge in [-0.1, -0.05) is 0 Å². The van der Waals surface area contributed by atoms with Crippen LogP contribution in [0.1, 0.15) is 10.6 Å². The number of rotatable bonds is 5. The van der Waals surface area contributed by atoms with E-state index < -0.39 is 18.2 Å². The number of nitrogens with zero attached hydrogens (tertiary/aromatic N) is 1. The molecule has 1 unspecified atom stereocenters. The average molecular weight is 382 g/mol. The molecule has 0 saturated carbocycles. The molecule has 0 aliphatic rings. The Morgan fingerprint density at radius 1 is 0.750 bits per heavy atom. The van der Waals surface area contributed by atoms with Crippen molar-refractivity contribution in [1.82, 2.24) is 4.98 Å². The van der Waals surface area contributed by atoms with Gasteiger partial charge in [0.25, 0.3) is 0 Å². The summed E-state index contributed by atoms with van der Waals surface area (Å²) < 4.78 is 19.4. The normalized spacial score (nSPS) is 13.0. The zero-order valence-corrected chi connectivity index (χ0v) is 14.8. The van der Waals surface area contributed by atoms with Crippen LogP contribution in [0.4, 0.5) is 0 Å². The van der Waals surface area contributed by atoms with Gasteiger partial charge < -0.3 is 0 Å². The number of hydrogen-bond donors (Lipinski definition) is 1. The number of aliphatic hydroxyl groups is 1. The Morgan fingerprint density at radius 2 is 1.29 bits per heavy atom. The van der Waals surface area contributed by atoms with Gasteiger partial charge in [-0.2, -0.15) is 0 Å². The molecule has 4 aromatic heterocycles. The van der Waals surface area contributed by atoms with E-state index in [0.717, 1.165) is 0 Å². The zero-order valence-electron chi connectivity index (χ0n) is 12.7. The number of aromatic nitrogens is 1. The summed E-state index contributed by atoms with van der Waals surface area (Å²) in [6, 6.07) is 16.5. The maximum atomic E-state index is 11.4. The molecule has 0 radical (unpaired) electrons. The Balaban J connectivity index is 2.02. The Hall–Kier alpha value is -2.51. The summed E-state index contributed by atoms with van der Waals surface area (Å²) in [7, 11) is 0. The number of pyridine rings is 1. The van der Waals surface area contributed by atoms with E-state index >= 15 is 0 Å². The van der Waals surface area contributed by atoms with E-state index in [2.05, 4.69) is 4.98 Å². The molecule has 5 nitrogen and oxygen atoms in total. The molecule has 1 N–H and O–H groups in total. The fourth-order valence-electron chi connectivity index (χ4n) is 3.04. The summed E-state index contributed by atoms with van der Waals surface area (Å²) in [4.78, 5) is 3.47. The standard InChI is InChI=1S/C18H15GeNO4/c21-18(14-6-1-2-10-20-14)19(15-7-3-11-22-15,16-8-4-12-23-16)17-9-5-13-24-17/h1-13,18,21H. The van der Waals surface area contributed by atoms with Gasteiger partial charge in [0, 0.05) is 0 Å². The zero-order chi connectivity index (χ0) is 16.4. The van der Waals surface area contributed by atoms with Crippen molar-refractivity contribution in [2.45, 2.75) is 4.94 Å². The molecule has 0 fully saturated rings. The fourth-order valence-corrected chi connectivity index (χ4v) is 11.4. The molecule has 0 amide bonds. The van der Waals surface area contributed by atoms with Crippen LogP contribution in [0.2, 0.25) is 0 Å². The molecular weight excluding hydrogens is 367 g/mol. The van der Waals surface area contributed by atoms with Crippen LogP contribution in [0.15, 0.2) is 92.8 Å². The van der Waals surface area contributed by atoms with Gasteiger partial charge in [0.1, 0.15) is 0 Å². The van der Waals surface area contributed by atoms with Crippen molar-refractivity contribution >= 4 is 27.0 Å². The minimum atomic E-state index is -3.80. The predicted octanol–water partition coefficient (Wildman–Crippen LogP) is 1.60. The van der Waals surface area contributed by atoms with Crippen LogP contribution in [-0.2, 0) is 0 Å². The quantitative estimate of drug-likeness (QED) is 0.532. The summed E-state index contributed by atoms with van der Waals surface area (Å²) >= 11 is -3.80. The van der Waals surface area contributed by atoms with E-state index in [-0.39, 0.29) is 0 Å². The van der Waals surface area contributed by atoms with Crippen LogP contribution in [0.25, 0.3) is 0 Å². The van der Waals surface area contributed by atoms with Crippen LogP contribution < -0.4 is 13.8 Å². The van der Waals surface area contributed by atoms with Gasteiger partial charge in [-0.3, -0.25) is 0 Å². The van der Waals surface area contributed by atoms with E-state index in [1.54, 1.807) is 31.1 Å². The SMILES string of the molecule is O[CH](c1ccccn1)[Ge]([c]1ccco1)([c]1ccco1)[c]1ccco1. The molecule has 1 atom stereocenters. The first-order chi connectivity index (χ1) is 11.8. The Morgan fingerprint density at radius 3 is 1.67 bits per heavy atom. The maximum absolute atomic E-state index is 11.4. The molecular formula is C18H15GeNO4. The van der Waals surface area contributed by atoms with Gasteiger partial charge in [0.15, 0.2) is 0 Å². The van der Waals surface area contributed by atoms with Crippen LogP contribution in [0, 0.1) is 0 Å². The third-order valence-corrected chi connectivity index (χ3v) is 13.1. The van der Waals surface area contributed by atoms with E-state index in [1.165, 1.54) is 0 Å². The van der Waals surface area contributed by atoms with Crippen molar-refractivity contribution in [2.75, 3.05) is 0 Å². The molecule has 0 aliphatic heterocycles. The first-order valence-electron chi connectivity index (χ1n) is 7.54. The van der Waals surface area contributed by atoms with Gasteiger partial charge >= 0.3 is 141 Å². The van der Waals surface area contributed by atoms with Crippen LogP contribution in [-0.4, -0.2) is 23.4 Å². The molecule has 0 spiro atoms. The van der Waals surface area contributed by atoms with Gasteiger partial charge in [0.2, 0.25) is 0 Å². The Bertz CT molecular complexity index is 787. The van der Waals surface area contributed by atoms with Crippen LogP contribution in [0.5, 0.6) is 0 Å². The Labute approximate surface area is 140 Å². The minimum absolute atomic E-state index is 0.571. The van der Waals surface area contributed by atoms with Gasteiger partial charge in [-0.05, 0) is 0 Å². The van der Waals surface area contributed by atoms with Crippen molar-refractivity contribution in [2.24, 2.45) is 0 Å². The van der Waals surface area contributed by atoms with Gasteiger partial charge in [0.05, 0.1) is 0 Å². The summed E-state index contributed by atoms with van der Waals surface area (Å²) in [5.41, 5.74) is 0.571. The molecule has 0 bridgehead atoms. The molecule has 0 aromatic carbocycles. The van der Waals surface area contributed by atoms with Crippen LogP contribution >= 0.6 is 0 Å². The van der Waals surface area contributed by atoms with Crippen molar-refractivity contribution in [3.8, 4) is 0 Å². The molecule has 0 saturated heterocycles. The summed E-state index contributed by atoms with van der Waals surface area (Å²) in [5.74, 6) is 0. The Kier molecular flexibility index (Phi) is 3.88. The van der Waals surface area contributed by atoms with Crippen molar-refractivity contribution in [3.05, 3.63) is 85.3 Å². The van der Waals surface area contributed by atoms with E-state index in [0.29, 0.717) is 19.5 Å². The second-order valence-electron chi connectivity index (χ2n) is 5.40. The van der Waals surface area contributed by atoms with Crippen LogP contribution in [0.3, 0.4) is 0 Å². The van der Waals surface area contributed by atoms with E-state index in [9.17, 15) is 5.11 Å². The molecule has 4 aromatic rings. The van der Waals surface area contributed by atoms with Gasteiger partial charge in [-0.25, -0.2) is 0 Å². The molecule has 120 valence electrons. The average Bonchev–Trinajstić information content (AvgIpc) is 3.40. The summed E-state index contributed by atoms with van der Waals surface area (Å²) in [5, 5.41) is 11.4. The molecule has 0 aliphatic carbocycles. The topological polar surface area (TPSA) is 72.5 Å². The number of furan rings is 3. The van der Waals surface area contributed by atoms with E-state index in [4.69, 9.17) is 13.3 Å². The number of aliphatic hydroxyl groups excluding tert-OH is 1. The third-order valence-electron chi connectivity index (χ3n) is 4.11.